The maximum atomic E-state index is 12.8. The molecule has 0 spiro atoms. The summed E-state index contributed by atoms with van der Waals surface area (Å²) in [6, 6.07) is 3.43. The number of aryl methyl sites for hydroxylation is 1. The van der Waals surface area contributed by atoms with E-state index >= 15 is 0 Å². The molecule has 0 aliphatic carbocycles. The van der Waals surface area contributed by atoms with Crippen molar-refractivity contribution in [2.75, 3.05) is 13.1 Å². The average molecular weight is 411 g/mol. The predicted molar refractivity (Wildman–Crippen MR) is 105 cm³/mol. The molecule has 0 bridgehead atoms. The molecule has 1 saturated heterocycles. The molecule has 1 aliphatic rings. The van der Waals surface area contributed by atoms with Crippen LogP contribution in [0, 0.1) is 0 Å². The molecular weight excluding hydrogens is 384 g/mol. The van der Waals surface area contributed by atoms with E-state index in [9.17, 15) is 13.2 Å². The highest BCUT2D eigenvalue weighted by Crippen LogP contribution is 2.28. The van der Waals surface area contributed by atoms with Gasteiger partial charge in [0, 0.05) is 49.4 Å². The molecule has 1 fully saturated rings. The third-order valence-corrected chi connectivity index (χ3v) is 8.13. The Hall–Kier alpha value is -1.71. The summed E-state index contributed by atoms with van der Waals surface area (Å²) in [7, 11) is -1.57. The zero-order valence-electron chi connectivity index (χ0n) is 16.0. The molecule has 3 heterocycles. The second-order valence-corrected chi connectivity index (χ2v) is 10.5. The molecule has 0 unspecified atom stereocenters. The van der Waals surface area contributed by atoms with E-state index in [2.05, 4.69) is 5.10 Å². The normalized spacial score (nSPS) is 15.6. The Kier molecular flexibility index (Phi) is 6.02. The monoisotopic (exact) mass is 410 g/mol. The van der Waals surface area contributed by atoms with Crippen LogP contribution in [-0.4, -0.2) is 52.4 Å². The van der Waals surface area contributed by atoms with Crippen LogP contribution in [0.4, 0.5) is 0 Å². The zero-order valence-corrected chi connectivity index (χ0v) is 17.6. The van der Waals surface area contributed by atoms with Gasteiger partial charge in [-0.25, -0.2) is 8.42 Å². The van der Waals surface area contributed by atoms with Gasteiger partial charge in [-0.3, -0.25) is 9.48 Å². The van der Waals surface area contributed by atoms with Gasteiger partial charge in [-0.05, 0) is 38.8 Å². The third-order valence-electron chi connectivity index (χ3n) is 4.68. The quantitative estimate of drug-likeness (QED) is 0.702. The van der Waals surface area contributed by atoms with Crippen molar-refractivity contribution >= 4 is 27.3 Å². The van der Waals surface area contributed by atoms with Crippen LogP contribution in [0.2, 0.25) is 0 Å². The molecule has 2 aromatic heterocycles. The summed E-state index contributed by atoms with van der Waals surface area (Å²) < 4.78 is 28.9. The number of aromatic nitrogens is 2. The van der Waals surface area contributed by atoms with Crippen LogP contribution < -0.4 is 0 Å². The first-order chi connectivity index (χ1) is 12.8. The fourth-order valence-corrected chi connectivity index (χ4v) is 6.23. The molecule has 1 aliphatic heterocycles. The van der Waals surface area contributed by atoms with E-state index in [4.69, 9.17) is 0 Å². The van der Waals surface area contributed by atoms with Crippen LogP contribution in [0.25, 0.3) is 0 Å². The Bertz CT molecular complexity index is 895. The first kappa shape index (κ1) is 20.0. The van der Waals surface area contributed by atoms with Crippen LogP contribution in [0.15, 0.2) is 28.7 Å². The summed E-state index contributed by atoms with van der Waals surface area (Å²) in [5.74, 6) is -0.0131. The van der Waals surface area contributed by atoms with Crippen molar-refractivity contribution in [3.05, 3.63) is 35.0 Å². The number of sulfonamides is 1. The molecule has 0 N–H and O–H groups in total. The summed E-state index contributed by atoms with van der Waals surface area (Å²) >= 11 is 1.20. The lowest BCUT2D eigenvalue weighted by Crippen LogP contribution is -2.37. The predicted octanol–water partition coefficient (Wildman–Crippen LogP) is 2.25. The Labute approximate surface area is 164 Å². The van der Waals surface area contributed by atoms with Crippen LogP contribution in [-0.2, 0) is 34.8 Å². The Morgan fingerprint density at radius 2 is 2.00 bits per heavy atom. The highest BCUT2D eigenvalue weighted by Gasteiger charge is 2.29. The number of thiophene rings is 1. The summed E-state index contributed by atoms with van der Waals surface area (Å²) in [6.07, 6.45) is 5.68. The molecule has 0 aromatic carbocycles. The second-order valence-electron chi connectivity index (χ2n) is 7.15. The molecule has 0 radical (unpaired) electrons. The highest BCUT2D eigenvalue weighted by molar-refractivity contribution is 7.91. The molecule has 1 amide bonds. The van der Waals surface area contributed by atoms with Crippen molar-refractivity contribution in [1.29, 1.82) is 0 Å². The fourth-order valence-electron chi connectivity index (χ4n) is 3.21. The molecule has 7 nitrogen and oxygen atoms in total. The maximum Gasteiger partial charge on any atom is 0.252 e. The van der Waals surface area contributed by atoms with E-state index in [1.54, 1.807) is 27.9 Å². The van der Waals surface area contributed by atoms with Gasteiger partial charge in [0.15, 0.2) is 0 Å². The first-order valence-corrected chi connectivity index (χ1v) is 11.4. The molecule has 148 valence electrons. The lowest BCUT2D eigenvalue weighted by molar-refractivity contribution is -0.132. The number of carbonyl (C=O) groups excluding carboxylic acids is 1. The minimum atomic E-state index is -3.42. The van der Waals surface area contributed by atoms with Gasteiger partial charge in [-0.15, -0.1) is 11.3 Å². The number of amides is 1. The van der Waals surface area contributed by atoms with E-state index < -0.39 is 10.0 Å². The number of hydrogen-bond donors (Lipinski definition) is 0. The van der Waals surface area contributed by atoms with Gasteiger partial charge in [-0.1, -0.05) is 0 Å². The number of rotatable bonds is 7. The SMILES string of the molecule is CC(C)N(Cc1cnn(C)c1)C(=O)Cc1ccc(S(=O)(=O)N2CCCC2)s1. The van der Waals surface area contributed by atoms with Crippen molar-refractivity contribution in [3.63, 3.8) is 0 Å². The van der Waals surface area contributed by atoms with Crippen molar-refractivity contribution in [3.8, 4) is 0 Å². The van der Waals surface area contributed by atoms with Crippen LogP contribution in [0.3, 0.4) is 0 Å². The number of carbonyl (C=O) groups is 1. The molecule has 27 heavy (non-hydrogen) atoms. The lowest BCUT2D eigenvalue weighted by atomic mass is 10.2. The van der Waals surface area contributed by atoms with Crippen LogP contribution >= 0.6 is 11.3 Å². The van der Waals surface area contributed by atoms with E-state index in [1.807, 2.05) is 27.1 Å². The van der Waals surface area contributed by atoms with Gasteiger partial charge >= 0.3 is 0 Å². The van der Waals surface area contributed by atoms with Crippen molar-refractivity contribution < 1.29 is 13.2 Å². The zero-order chi connectivity index (χ0) is 19.6. The number of nitrogens with zero attached hydrogens (tertiary/aromatic N) is 4. The van der Waals surface area contributed by atoms with E-state index in [-0.39, 0.29) is 18.4 Å². The van der Waals surface area contributed by atoms with E-state index in [0.29, 0.717) is 23.8 Å². The van der Waals surface area contributed by atoms with Gasteiger partial charge in [0.2, 0.25) is 5.91 Å². The van der Waals surface area contributed by atoms with Gasteiger partial charge in [0.25, 0.3) is 10.0 Å². The molecule has 0 saturated carbocycles. The Morgan fingerprint density at radius 1 is 1.30 bits per heavy atom. The minimum absolute atomic E-state index is 0.0131. The average Bonchev–Trinajstić information content (AvgIpc) is 3.34. The first-order valence-electron chi connectivity index (χ1n) is 9.13. The van der Waals surface area contributed by atoms with Crippen molar-refractivity contribution in [2.45, 2.75) is 49.9 Å². The molecule has 3 rings (SSSR count). The lowest BCUT2D eigenvalue weighted by Gasteiger charge is -2.26. The summed E-state index contributed by atoms with van der Waals surface area (Å²) in [5, 5.41) is 4.15. The fraction of sp³-hybridized carbons (Fsp3) is 0.556. The molecule has 0 atom stereocenters. The Balaban J connectivity index is 1.70. The van der Waals surface area contributed by atoms with Crippen molar-refractivity contribution in [2.24, 2.45) is 7.05 Å². The minimum Gasteiger partial charge on any atom is -0.336 e. The summed E-state index contributed by atoms with van der Waals surface area (Å²) in [5.41, 5.74) is 0.975. The second kappa shape index (κ2) is 8.12. The molecule has 2 aromatic rings. The third kappa shape index (κ3) is 4.59. The van der Waals surface area contributed by atoms with Gasteiger partial charge < -0.3 is 4.90 Å². The largest absolute Gasteiger partial charge is 0.336 e. The number of hydrogen-bond acceptors (Lipinski definition) is 5. The van der Waals surface area contributed by atoms with Crippen LogP contribution in [0.5, 0.6) is 0 Å². The summed E-state index contributed by atoms with van der Waals surface area (Å²) in [6.45, 7) is 5.62. The van der Waals surface area contributed by atoms with Gasteiger partial charge in [0.05, 0.1) is 12.6 Å². The summed E-state index contributed by atoms with van der Waals surface area (Å²) in [4.78, 5) is 15.4. The molecule has 9 heteroatoms. The van der Waals surface area contributed by atoms with Crippen LogP contribution in [0.1, 0.15) is 37.1 Å². The highest BCUT2D eigenvalue weighted by atomic mass is 32.2. The van der Waals surface area contributed by atoms with E-state index in [1.165, 1.54) is 15.6 Å². The maximum absolute atomic E-state index is 12.8. The van der Waals surface area contributed by atoms with Gasteiger partial charge in [-0.2, -0.15) is 9.40 Å². The van der Waals surface area contributed by atoms with E-state index in [0.717, 1.165) is 23.3 Å². The standard InChI is InChI=1S/C18H26N4O3S2/c1-14(2)22(13-15-11-19-20(3)12-15)17(23)10-16-6-7-18(26-16)27(24,25)21-8-4-5-9-21/h6-7,11-12,14H,4-5,8-10,13H2,1-3H3. The smallest absolute Gasteiger partial charge is 0.252 e. The Morgan fingerprint density at radius 3 is 2.59 bits per heavy atom. The molecular formula is C18H26N4O3S2. The van der Waals surface area contributed by atoms with Gasteiger partial charge in [0.1, 0.15) is 4.21 Å². The van der Waals surface area contributed by atoms with Crippen molar-refractivity contribution in [1.82, 2.24) is 19.0 Å². The topological polar surface area (TPSA) is 75.5 Å².